The fourth-order valence-electron chi connectivity index (χ4n) is 1.02. The summed E-state index contributed by atoms with van der Waals surface area (Å²) in [5.41, 5.74) is 0. The second-order valence-corrected chi connectivity index (χ2v) is 3.59. The molecule has 0 aromatic rings. The molecule has 0 atom stereocenters. The molecule has 0 radical (unpaired) electrons. The van der Waals surface area contributed by atoms with Crippen molar-refractivity contribution in [3.63, 3.8) is 0 Å². The van der Waals surface area contributed by atoms with Gasteiger partial charge in [0.2, 0.25) is 0 Å². The minimum Gasteiger partial charge on any atom is -0.375 e. The SMILES string of the molecule is CCNCC(F)(F)COCC1CC1. The highest BCUT2D eigenvalue weighted by molar-refractivity contribution is 4.74. The monoisotopic (exact) mass is 193 g/mol. The zero-order valence-corrected chi connectivity index (χ0v) is 7.98. The fourth-order valence-corrected chi connectivity index (χ4v) is 1.02. The van der Waals surface area contributed by atoms with Gasteiger partial charge in [-0.1, -0.05) is 6.92 Å². The van der Waals surface area contributed by atoms with Gasteiger partial charge in [0.15, 0.2) is 0 Å². The molecule has 0 aliphatic heterocycles. The fraction of sp³-hybridized carbons (Fsp3) is 1.00. The summed E-state index contributed by atoms with van der Waals surface area (Å²) >= 11 is 0. The van der Waals surface area contributed by atoms with Crippen molar-refractivity contribution in [2.75, 3.05) is 26.3 Å². The third kappa shape index (κ3) is 5.16. The number of halogens is 2. The molecule has 4 heteroatoms. The summed E-state index contributed by atoms with van der Waals surface area (Å²) < 4.78 is 30.7. The second-order valence-electron chi connectivity index (χ2n) is 3.59. The van der Waals surface area contributed by atoms with E-state index in [1.165, 1.54) is 0 Å². The van der Waals surface area contributed by atoms with Gasteiger partial charge < -0.3 is 10.1 Å². The summed E-state index contributed by atoms with van der Waals surface area (Å²) in [5, 5.41) is 2.61. The van der Waals surface area contributed by atoms with Crippen LogP contribution in [0.5, 0.6) is 0 Å². The van der Waals surface area contributed by atoms with E-state index in [0.29, 0.717) is 19.1 Å². The Kier molecular flexibility index (Phi) is 4.06. The normalized spacial score (nSPS) is 17.8. The summed E-state index contributed by atoms with van der Waals surface area (Å²) in [6.07, 6.45) is 2.28. The van der Waals surface area contributed by atoms with Gasteiger partial charge in [-0.3, -0.25) is 0 Å². The molecular weight excluding hydrogens is 176 g/mol. The van der Waals surface area contributed by atoms with Crippen LogP contribution in [0.3, 0.4) is 0 Å². The van der Waals surface area contributed by atoms with Gasteiger partial charge in [-0.15, -0.1) is 0 Å². The van der Waals surface area contributed by atoms with Gasteiger partial charge in [-0.05, 0) is 25.3 Å². The van der Waals surface area contributed by atoms with E-state index < -0.39 is 12.5 Å². The lowest BCUT2D eigenvalue weighted by atomic mass is 10.3. The minimum absolute atomic E-state index is 0.284. The van der Waals surface area contributed by atoms with Crippen LogP contribution in [0.1, 0.15) is 19.8 Å². The smallest absolute Gasteiger partial charge is 0.283 e. The Morgan fingerprint density at radius 1 is 1.46 bits per heavy atom. The van der Waals surface area contributed by atoms with Crippen molar-refractivity contribution in [3.8, 4) is 0 Å². The van der Waals surface area contributed by atoms with Crippen LogP contribution in [0.15, 0.2) is 0 Å². The molecule has 0 bridgehead atoms. The Hall–Kier alpha value is -0.220. The number of alkyl halides is 2. The third-order valence-electron chi connectivity index (χ3n) is 2.00. The number of rotatable bonds is 7. The standard InChI is InChI=1S/C9H17F2NO/c1-2-12-6-9(10,11)7-13-5-8-3-4-8/h8,12H,2-7H2,1H3. The van der Waals surface area contributed by atoms with E-state index in [-0.39, 0.29) is 6.54 Å². The van der Waals surface area contributed by atoms with E-state index in [4.69, 9.17) is 4.74 Å². The molecule has 0 aromatic heterocycles. The van der Waals surface area contributed by atoms with E-state index in [0.717, 1.165) is 12.8 Å². The van der Waals surface area contributed by atoms with E-state index >= 15 is 0 Å². The molecule has 0 aromatic carbocycles. The van der Waals surface area contributed by atoms with Gasteiger partial charge in [0.25, 0.3) is 5.92 Å². The van der Waals surface area contributed by atoms with Crippen LogP contribution in [-0.2, 0) is 4.74 Å². The Labute approximate surface area is 77.6 Å². The van der Waals surface area contributed by atoms with Crippen molar-refractivity contribution in [2.24, 2.45) is 5.92 Å². The summed E-state index contributed by atoms with van der Waals surface area (Å²) in [6.45, 7) is 2.14. The predicted octanol–water partition coefficient (Wildman–Crippen LogP) is 1.66. The molecule has 1 fully saturated rings. The highest BCUT2D eigenvalue weighted by Crippen LogP contribution is 2.29. The highest BCUT2D eigenvalue weighted by atomic mass is 19.3. The van der Waals surface area contributed by atoms with Crippen molar-refractivity contribution >= 4 is 0 Å². The summed E-state index contributed by atoms with van der Waals surface area (Å²) in [7, 11) is 0. The average Bonchev–Trinajstić information content (AvgIpc) is 2.84. The summed E-state index contributed by atoms with van der Waals surface area (Å²) in [4.78, 5) is 0. The lowest BCUT2D eigenvalue weighted by Crippen LogP contribution is -2.36. The van der Waals surface area contributed by atoms with E-state index in [1.54, 1.807) is 6.92 Å². The highest BCUT2D eigenvalue weighted by Gasteiger charge is 2.30. The first-order chi connectivity index (χ1) is 6.14. The quantitative estimate of drug-likeness (QED) is 0.664. The number of ether oxygens (including phenoxy) is 1. The van der Waals surface area contributed by atoms with Gasteiger partial charge in [-0.2, -0.15) is 0 Å². The van der Waals surface area contributed by atoms with Crippen LogP contribution in [0, 0.1) is 5.92 Å². The zero-order chi connectivity index (χ0) is 9.73. The maximum Gasteiger partial charge on any atom is 0.283 e. The van der Waals surface area contributed by atoms with E-state index in [2.05, 4.69) is 5.32 Å². The maximum atomic E-state index is 12.9. The van der Waals surface area contributed by atoms with Crippen molar-refractivity contribution in [1.29, 1.82) is 0 Å². The summed E-state index contributed by atoms with van der Waals surface area (Å²) in [5.74, 6) is -2.17. The number of nitrogens with one attached hydrogen (secondary N) is 1. The number of hydrogen-bond donors (Lipinski definition) is 1. The molecule has 0 saturated heterocycles. The molecule has 0 unspecified atom stereocenters. The van der Waals surface area contributed by atoms with Gasteiger partial charge in [0, 0.05) is 6.61 Å². The third-order valence-corrected chi connectivity index (χ3v) is 2.00. The first kappa shape index (κ1) is 10.9. The van der Waals surface area contributed by atoms with Crippen molar-refractivity contribution in [3.05, 3.63) is 0 Å². The molecule has 0 heterocycles. The van der Waals surface area contributed by atoms with Gasteiger partial charge in [0.05, 0.1) is 6.54 Å². The average molecular weight is 193 g/mol. The van der Waals surface area contributed by atoms with Crippen LogP contribution < -0.4 is 5.32 Å². The maximum absolute atomic E-state index is 12.9. The van der Waals surface area contributed by atoms with Crippen molar-refractivity contribution in [2.45, 2.75) is 25.7 Å². The molecule has 1 aliphatic rings. The molecule has 0 spiro atoms. The lowest BCUT2D eigenvalue weighted by molar-refractivity contribution is -0.0762. The molecule has 1 saturated carbocycles. The zero-order valence-electron chi connectivity index (χ0n) is 7.98. The molecule has 1 rings (SSSR count). The topological polar surface area (TPSA) is 21.3 Å². The molecule has 0 amide bonds. The Balaban J connectivity index is 2.01. The molecule has 1 N–H and O–H groups in total. The summed E-state index contributed by atoms with van der Waals surface area (Å²) in [6, 6.07) is 0. The Bertz CT molecular complexity index is 149. The van der Waals surface area contributed by atoms with Crippen molar-refractivity contribution in [1.82, 2.24) is 5.32 Å². The largest absolute Gasteiger partial charge is 0.375 e. The Morgan fingerprint density at radius 3 is 2.69 bits per heavy atom. The number of hydrogen-bond acceptors (Lipinski definition) is 2. The van der Waals surface area contributed by atoms with E-state index in [9.17, 15) is 8.78 Å². The van der Waals surface area contributed by atoms with Crippen LogP contribution in [0.4, 0.5) is 8.78 Å². The predicted molar refractivity (Wildman–Crippen MR) is 47.0 cm³/mol. The van der Waals surface area contributed by atoms with Gasteiger partial charge in [0.1, 0.15) is 6.61 Å². The van der Waals surface area contributed by atoms with Crippen LogP contribution in [0.2, 0.25) is 0 Å². The van der Waals surface area contributed by atoms with Crippen LogP contribution in [-0.4, -0.2) is 32.2 Å². The lowest BCUT2D eigenvalue weighted by Gasteiger charge is -2.16. The molecule has 2 nitrogen and oxygen atoms in total. The second kappa shape index (κ2) is 4.86. The van der Waals surface area contributed by atoms with Gasteiger partial charge in [-0.25, -0.2) is 8.78 Å². The van der Waals surface area contributed by atoms with E-state index in [1.807, 2.05) is 0 Å². The van der Waals surface area contributed by atoms with Gasteiger partial charge >= 0.3 is 0 Å². The Morgan fingerprint density at radius 2 is 2.15 bits per heavy atom. The first-order valence-electron chi connectivity index (χ1n) is 4.80. The molecule has 78 valence electrons. The van der Waals surface area contributed by atoms with Crippen LogP contribution in [0.25, 0.3) is 0 Å². The molecular formula is C9H17F2NO. The minimum atomic E-state index is -2.72. The van der Waals surface area contributed by atoms with Crippen LogP contribution >= 0.6 is 0 Å². The first-order valence-corrected chi connectivity index (χ1v) is 4.80. The molecule has 1 aliphatic carbocycles. The van der Waals surface area contributed by atoms with Crippen molar-refractivity contribution < 1.29 is 13.5 Å². The molecule has 13 heavy (non-hydrogen) atoms.